The van der Waals surface area contributed by atoms with Crippen molar-refractivity contribution in [3.63, 3.8) is 0 Å². The first-order chi connectivity index (χ1) is 16.8. The molecule has 194 valence electrons. The number of likely N-dealkylation sites (tertiary alicyclic amines) is 1. The van der Waals surface area contributed by atoms with Crippen molar-refractivity contribution < 1.29 is 32.1 Å². The van der Waals surface area contributed by atoms with Crippen molar-refractivity contribution in [2.45, 2.75) is 57.1 Å². The third-order valence-corrected chi connectivity index (χ3v) is 6.15. The second kappa shape index (κ2) is 11.1. The summed E-state index contributed by atoms with van der Waals surface area (Å²) in [7, 11) is -4.47. The second-order valence-electron chi connectivity index (χ2n) is 9.56. The Morgan fingerprint density at radius 1 is 1.06 bits per heavy atom. The number of nitrogens with one attached hydrogen (secondary N) is 2. The molecule has 3 amide bonds. The number of esters is 1. The zero-order valence-corrected chi connectivity index (χ0v) is 21.2. The summed E-state index contributed by atoms with van der Waals surface area (Å²) in [5.41, 5.74) is 0.652. The van der Waals surface area contributed by atoms with Crippen LogP contribution in [-0.4, -0.2) is 54.0 Å². The van der Waals surface area contributed by atoms with Gasteiger partial charge in [-0.25, -0.2) is 18.0 Å². The lowest BCUT2D eigenvalue weighted by Crippen LogP contribution is -2.48. The summed E-state index contributed by atoms with van der Waals surface area (Å²) in [6.45, 7) is 4.90. The molecule has 0 spiro atoms. The summed E-state index contributed by atoms with van der Waals surface area (Å²) >= 11 is 0. The first-order valence-electron chi connectivity index (χ1n) is 11.5. The minimum atomic E-state index is -4.47. The molecule has 0 aliphatic carbocycles. The summed E-state index contributed by atoms with van der Waals surface area (Å²) in [5, 5.41) is 4.99. The van der Waals surface area contributed by atoms with E-state index in [1.165, 1.54) is 29.2 Å². The van der Waals surface area contributed by atoms with Gasteiger partial charge in [-0.3, -0.25) is 4.79 Å². The highest BCUT2D eigenvalue weighted by Gasteiger charge is 2.43. The number of carbonyl (C=O) groups excluding carboxylic acids is 3. The van der Waals surface area contributed by atoms with Crippen molar-refractivity contribution in [1.29, 1.82) is 0 Å². The quantitative estimate of drug-likeness (QED) is 0.425. The van der Waals surface area contributed by atoms with Gasteiger partial charge in [-0.2, -0.15) is 0 Å². The number of nitrogens with zero attached hydrogens (tertiary/aromatic N) is 1. The Bertz CT molecular complexity index is 1210. The summed E-state index contributed by atoms with van der Waals surface area (Å²) < 4.78 is 38.5. The molecule has 2 N–H and O–H groups in total. The highest BCUT2D eigenvalue weighted by molar-refractivity contribution is 7.84. The van der Waals surface area contributed by atoms with Crippen LogP contribution in [-0.2, 0) is 30.2 Å². The Hall–Kier alpha value is -3.44. The van der Waals surface area contributed by atoms with Gasteiger partial charge in [-0.1, -0.05) is 42.5 Å². The molecule has 1 aliphatic rings. The van der Waals surface area contributed by atoms with Gasteiger partial charge >= 0.3 is 12.0 Å². The van der Waals surface area contributed by atoms with E-state index in [4.69, 9.17) is 4.74 Å². The van der Waals surface area contributed by atoms with Gasteiger partial charge in [0.1, 0.15) is 11.6 Å². The van der Waals surface area contributed by atoms with E-state index in [1.807, 2.05) is 30.3 Å². The van der Waals surface area contributed by atoms with E-state index in [2.05, 4.69) is 10.6 Å². The molecule has 3 rings (SSSR count). The first kappa shape index (κ1) is 27.2. The van der Waals surface area contributed by atoms with Crippen LogP contribution in [0.15, 0.2) is 54.6 Å². The molecule has 11 heteroatoms. The SMILES string of the molecule is CC(C)(C)OC(=O)C1CCC(c2ccccc2)N1C(=O)CNC(=O)Nc1cccc(CS(=O)(=O)[O-])c1. The average Bonchev–Trinajstić information content (AvgIpc) is 3.21. The van der Waals surface area contributed by atoms with Crippen LogP contribution in [0.5, 0.6) is 0 Å². The normalized spacial score (nSPS) is 17.9. The standard InChI is InChI=1S/C25H31N3O7S/c1-25(2,3)35-23(30)21-13-12-20(18-9-5-4-6-10-18)28(21)22(29)15-26-24(31)27-19-11-7-8-17(14-19)16-36(32,33)34/h4-11,14,20-21H,12-13,15-16H2,1-3H3,(H2,26,27,31)(H,32,33,34)/p-1. The Kier molecular flexibility index (Phi) is 8.36. The lowest BCUT2D eigenvalue weighted by atomic mass is 10.0. The predicted octanol–water partition coefficient (Wildman–Crippen LogP) is 2.93. The lowest BCUT2D eigenvalue weighted by molar-refractivity contribution is -0.164. The van der Waals surface area contributed by atoms with Crippen LogP contribution in [0.1, 0.15) is 50.8 Å². The topological polar surface area (TPSA) is 145 Å². The zero-order chi connectivity index (χ0) is 26.5. The number of benzene rings is 2. The van der Waals surface area contributed by atoms with Crippen LogP contribution in [0.25, 0.3) is 0 Å². The molecular formula is C25H30N3O7S-. The minimum absolute atomic E-state index is 0.224. The van der Waals surface area contributed by atoms with Crippen molar-refractivity contribution in [3.05, 3.63) is 65.7 Å². The monoisotopic (exact) mass is 516 g/mol. The lowest BCUT2D eigenvalue weighted by Gasteiger charge is -2.31. The van der Waals surface area contributed by atoms with Crippen LogP contribution in [0, 0.1) is 0 Å². The number of urea groups is 1. The van der Waals surface area contributed by atoms with Gasteiger partial charge in [0.15, 0.2) is 0 Å². The number of ether oxygens (including phenoxy) is 1. The van der Waals surface area contributed by atoms with Crippen molar-refractivity contribution in [3.8, 4) is 0 Å². The maximum atomic E-state index is 13.3. The summed E-state index contributed by atoms with van der Waals surface area (Å²) in [5.74, 6) is -1.65. The number of carbonyl (C=O) groups is 3. The van der Waals surface area contributed by atoms with E-state index in [9.17, 15) is 27.4 Å². The number of hydrogen-bond donors (Lipinski definition) is 2. The number of amides is 3. The van der Waals surface area contributed by atoms with E-state index in [0.29, 0.717) is 12.8 Å². The van der Waals surface area contributed by atoms with Crippen LogP contribution in [0.4, 0.5) is 10.5 Å². The first-order valence-corrected chi connectivity index (χ1v) is 13.1. The van der Waals surface area contributed by atoms with Gasteiger partial charge in [0.2, 0.25) is 5.91 Å². The van der Waals surface area contributed by atoms with Crippen LogP contribution < -0.4 is 10.6 Å². The fourth-order valence-electron chi connectivity index (χ4n) is 4.13. The van der Waals surface area contributed by atoms with Gasteiger partial charge in [0, 0.05) is 5.69 Å². The Labute approximate surface area is 210 Å². The van der Waals surface area contributed by atoms with Crippen LogP contribution in [0.2, 0.25) is 0 Å². The van der Waals surface area contributed by atoms with Crippen LogP contribution in [0.3, 0.4) is 0 Å². The van der Waals surface area contributed by atoms with Gasteiger partial charge in [-0.05, 0) is 56.9 Å². The molecule has 2 unspecified atom stereocenters. The molecule has 0 saturated carbocycles. The molecule has 1 fully saturated rings. The Morgan fingerprint density at radius 2 is 1.75 bits per heavy atom. The highest BCUT2D eigenvalue weighted by Crippen LogP contribution is 2.37. The molecule has 2 atom stereocenters. The molecule has 10 nitrogen and oxygen atoms in total. The fourth-order valence-corrected chi connectivity index (χ4v) is 4.72. The zero-order valence-electron chi connectivity index (χ0n) is 20.4. The van der Waals surface area contributed by atoms with Crippen molar-refractivity contribution in [2.75, 3.05) is 11.9 Å². The van der Waals surface area contributed by atoms with Gasteiger partial charge < -0.3 is 24.8 Å². The third kappa shape index (κ3) is 7.79. The molecule has 0 bridgehead atoms. The smallest absolute Gasteiger partial charge is 0.329 e. The number of hydrogen-bond acceptors (Lipinski definition) is 7. The van der Waals surface area contributed by atoms with Gasteiger partial charge in [0.05, 0.1) is 28.5 Å². The summed E-state index contributed by atoms with van der Waals surface area (Å²) in [6, 6.07) is 13.4. The maximum absolute atomic E-state index is 13.3. The molecule has 0 aromatic heterocycles. The average molecular weight is 517 g/mol. The van der Waals surface area contributed by atoms with E-state index < -0.39 is 45.4 Å². The largest absolute Gasteiger partial charge is 0.748 e. The molecule has 1 aliphatic heterocycles. The molecule has 2 aromatic rings. The molecular weight excluding hydrogens is 486 g/mol. The minimum Gasteiger partial charge on any atom is -0.748 e. The Balaban J connectivity index is 1.69. The van der Waals surface area contributed by atoms with E-state index in [0.717, 1.165) is 5.56 Å². The molecule has 0 radical (unpaired) electrons. The van der Waals surface area contributed by atoms with Crippen LogP contribution >= 0.6 is 0 Å². The number of anilines is 1. The van der Waals surface area contributed by atoms with Crippen molar-refractivity contribution in [1.82, 2.24) is 10.2 Å². The Morgan fingerprint density at radius 3 is 2.39 bits per heavy atom. The number of rotatable bonds is 7. The molecule has 1 heterocycles. The predicted molar refractivity (Wildman–Crippen MR) is 132 cm³/mol. The van der Waals surface area contributed by atoms with Gasteiger partial charge in [0.25, 0.3) is 0 Å². The van der Waals surface area contributed by atoms with Crippen molar-refractivity contribution >= 4 is 33.7 Å². The maximum Gasteiger partial charge on any atom is 0.329 e. The van der Waals surface area contributed by atoms with E-state index >= 15 is 0 Å². The van der Waals surface area contributed by atoms with E-state index in [1.54, 1.807) is 20.8 Å². The third-order valence-electron chi connectivity index (χ3n) is 5.46. The van der Waals surface area contributed by atoms with Gasteiger partial charge in [-0.15, -0.1) is 0 Å². The molecule has 2 aromatic carbocycles. The second-order valence-corrected chi connectivity index (χ2v) is 11.0. The highest BCUT2D eigenvalue weighted by atomic mass is 32.2. The fraction of sp³-hybridized carbons (Fsp3) is 0.400. The van der Waals surface area contributed by atoms with E-state index in [-0.39, 0.29) is 23.8 Å². The molecule has 1 saturated heterocycles. The van der Waals surface area contributed by atoms with Crippen molar-refractivity contribution in [2.24, 2.45) is 0 Å². The summed E-state index contributed by atoms with van der Waals surface area (Å²) in [6.07, 6.45) is 1.00. The summed E-state index contributed by atoms with van der Waals surface area (Å²) in [4.78, 5) is 40.0. The molecule has 36 heavy (non-hydrogen) atoms.